The zero-order valence-corrected chi connectivity index (χ0v) is 13.8. The molecule has 0 aliphatic rings. The van der Waals surface area contributed by atoms with Gasteiger partial charge < -0.3 is 5.73 Å². The smallest absolute Gasteiger partial charge is 0.204 e. The standard InChI is InChI=1S/C16H15N7S/c1-23-11(7-12(21-23)10-5-3-2-4-6-10)9-24-13-8-14(17)18-16-15(13)19-22-20-16/h2-8H,9H2,1H3,(H3,17,18,19,20,22). The summed E-state index contributed by atoms with van der Waals surface area (Å²) in [7, 11) is 1.95. The molecule has 0 atom stereocenters. The van der Waals surface area contributed by atoms with E-state index in [1.165, 1.54) is 0 Å². The lowest BCUT2D eigenvalue weighted by Gasteiger charge is -2.03. The maximum atomic E-state index is 5.84. The second-order valence-electron chi connectivity index (χ2n) is 5.34. The minimum Gasteiger partial charge on any atom is -0.384 e. The molecule has 1 aromatic carbocycles. The molecule has 0 spiro atoms. The molecule has 0 saturated carbocycles. The molecule has 8 heteroatoms. The minimum absolute atomic E-state index is 0.439. The van der Waals surface area contributed by atoms with Gasteiger partial charge in [0.1, 0.15) is 11.3 Å². The zero-order chi connectivity index (χ0) is 16.5. The highest BCUT2D eigenvalue weighted by Crippen LogP contribution is 2.30. The molecule has 120 valence electrons. The van der Waals surface area contributed by atoms with Crippen LogP contribution in [-0.4, -0.2) is 30.2 Å². The van der Waals surface area contributed by atoms with Crippen molar-refractivity contribution >= 4 is 28.7 Å². The van der Waals surface area contributed by atoms with Gasteiger partial charge in [0.25, 0.3) is 0 Å². The van der Waals surface area contributed by atoms with Crippen LogP contribution in [0.1, 0.15) is 5.69 Å². The summed E-state index contributed by atoms with van der Waals surface area (Å²) < 4.78 is 1.90. The Morgan fingerprint density at radius 1 is 1.17 bits per heavy atom. The highest BCUT2D eigenvalue weighted by molar-refractivity contribution is 7.98. The Morgan fingerprint density at radius 2 is 2.00 bits per heavy atom. The summed E-state index contributed by atoms with van der Waals surface area (Å²) in [6.45, 7) is 0. The van der Waals surface area contributed by atoms with Gasteiger partial charge in [-0.25, -0.2) is 4.98 Å². The number of nitrogen functional groups attached to an aromatic ring is 1. The molecule has 4 rings (SSSR count). The summed E-state index contributed by atoms with van der Waals surface area (Å²) in [5, 5.41) is 15.3. The molecule has 3 N–H and O–H groups in total. The first-order valence-corrected chi connectivity index (χ1v) is 8.37. The van der Waals surface area contributed by atoms with E-state index in [4.69, 9.17) is 5.73 Å². The van der Waals surface area contributed by atoms with Crippen molar-refractivity contribution in [1.29, 1.82) is 0 Å². The Hall–Kier alpha value is -2.87. The Bertz CT molecular complexity index is 990. The average molecular weight is 337 g/mol. The number of aromatic amines is 1. The Balaban J connectivity index is 1.60. The van der Waals surface area contributed by atoms with Crippen LogP contribution >= 0.6 is 11.8 Å². The Morgan fingerprint density at radius 3 is 2.83 bits per heavy atom. The summed E-state index contributed by atoms with van der Waals surface area (Å²) in [6, 6.07) is 14.1. The predicted octanol–water partition coefficient (Wildman–Crippen LogP) is 2.63. The van der Waals surface area contributed by atoms with Crippen molar-refractivity contribution in [1.82, 2.24) is 30.2 Å². The normalized spacial score (nSPS) is 11.2. The molecule has 0 aliphatic heterocycles. The number of rotatable bonds is 4. The third-order valence-corrected chi connectivity index (χ3v) is 4.76. The van der Waals surface area contributed by atoms with Gasteiger partial charge in [-0.1, -0.05) is 30.3 Å². The van der Waals surface area contributed by atoms with Crippen LogP contribution in [0.4, 0.5) is 5.82 Å². The van der Waals surface area contributed by atoms with Gasteiger partial charge in [0, 0.05) is 29.0 Å². The predicted molar refractivity (Wildman–Crippen MR) is 94.3 cm³/mol. The maximum Gasteiger partial charge on any atom is 0.204 e. The second-order valence-corrected chi connectivity index (χ2v) is 6.36. The van der Waals surface area contributed by atoms with Gasteiger partial charge in [0.05, 0.1) is 5.69 Å². The molecule has 0 bridgehead atoms. The Kier molecular flexibility index (Phi) is 3.66. The molecule has 0 fully saturated rings. The van der Waals surface area contributed by atoms with Gasteiger partial charge in [-0.15, -0.1) is 16.9 Å². The lowest BCUT2D eigenvalue weighted by molar-refractivity contribution is 0.739. The average Bonchev–Trinajstić information content (AvgIpc) is 3.20. The molecule has 0 radical (unpaired) electrons. The highest BCUT2D eigenvalue weighted by atomic mass is 32.2. The molecular formula is C16H15N7S. The molecule has 0 unspecified atom stereocenters. The van der Waals surface area contributed by atoms with Crippen LogP contribution < -0.4 is 5.73 Å². The van der Waals surface area contributed by atoms with Gasteiger partial charge in [-0.05, 0) is 12.1 Å². The van der Waals surface area contributed by atoms with E-state index in [0.717, 1.165) is 33.1 Å². The number of benzene rings is 1. The van der Waals surface area contributed by atoms with Crippen LogP contribution in [-0.2, 0) is 12.8 Å². The van der Waals surface area contributed by atoms with Crippen LogP contribution in [0.25, 0.3) is 22.4 Å². The molecule has 7 nitrogen and oxygen atoms in total. The van der Waals surface area contributed by atoms with E-state index in [1.54, 1.807) is 11.8 Å². The van der Waals surface area contributed by atoms with Crippen LogP contribution in [0.5, 0.6) is 0 Å². The molecule has 3 heterocycles. The summed E-state index contributed by atoms with van der Waals surface area (Å²) >= 11 is 1.64. The van der Waals surface area contributed by atoms with Crippen molar-refractivity contribution in [2.75, 3.05) is 5.73 Å². The van der Waals surface area contributed by atoms with Crippen molar-refractivity contribution in [3.8, 4) is 11.3 Å². The number of nitrogens with one attached hydrogen (secondary N) is 1. The molecule has 0 aliphatic carbocycles. The van der Waals surface area contributed by atoms with Crippen molar-refractivity contribution in [2.24, 2.45) is 7.05 Å². The number of anilines is 1. The largest absolute Gasteiger partial charge is 0.384 e. The van der Waals surface area contributed by atoms with E-state index in [0.29, 0.717) is 11.5 Å². The molecule has 0 saturated heterocycles. The highest BCUT2D eigenvalue weighted by Gasteiger charge is 2.12. The molecule has 4 aromatic rings. The Labute approximate surface area is 142 Å². The van der Waals surface area contributed by atoms with E-state index in [1.807, 2.05) is 36.0 Å². The van der Waals surface area contributed by atoms with Gasteiger partial charge >= 0.3 is 0 Å². The summed E-state index contributed by atoms with van der Waals surface area (Å²) in [5.41, 5.74) is 10.3. The quantitative estimate of drug-likeness (QED) is 0.556. The molecule has 24 heavy (non-hydrogen) atoms. The minimum atomic E-state index is 0.439. The molecular weight excluding hydrogens is 322 g/mol. The number of hydrogen-bond acceptors (Lipinski definition) is 6. The van der Waals surface area contributed by atoms with Crippen molar-refractivity contribution < 1.29 is 0 Å². The second kappa shape index (κ2) is 5.97. The fraction of sp³-hybridized carbons (Fsp3) is 0.125. The lowest BCUT2D eigenvalue weighted by Crippen LogP contribution is -1.97. The van der Waals surface area contributed by atoms with Crippen LogP contribution in [0.15, 0.2) is 47.4 Å². The topological polar surface area (TPSA) is 98.3 Å². The summed E-state index contributed by atoms with van der Waals surface area (Å²) in [5.74, 6) is 1.19. The van der Waals surface area contributed by atoms with Crippen LogP contribution in [0.3, 0.4) is 0 Å². The number of thioether (sulfide) groups is 1. The van der Waals surface area contributed by atoms with E-state index < -0.39 is 0 Å². The van der Waals surface area contributed by atoms with Crippen LogP contribution in [0.2, 0.25) is 0 Å². The summed E-state index contributed by atoms with van der Waals surface area (Å²) in [6.07, 6.45) is 0. The number of fused-ring (bicyclic) bond motifs is 1. The monoisotopic (exact) mass is 337 g/mol. The SMILES string of the molecule is Cn1nc(-c2ccccc2)cc1CSc1cc(N)nc2n[nH]nc12. The first kappa shape index (κ1) is 14.7. The molecule has 3 aromatic heterocycles. The zero-order valence-electron chi connectivity index (χ0n) is 13.0. The fourth-order valence-electron chi connectivity index (χ4n) is 2.48. The number of nitrogens with two attached hydrogens (primary N) is 1. The number of aromatic nitrogens is 6. The van der Waals surface area contributed by atoms with Crippen molar-refractivity contribution in [3.63, 3.8) is 0 Å². The number of pyridine rings is 1. The van der Waals surface area contributed by atoms with E-state index in [-0.39, 0.29) is 0 Å². The van der Waals surface area contributed by atoms with Gasteiger partial charge in [-0.2, -0.15) is 15.4 Å². The first-order chi connectivity index (χ1) is 11.7. The summed E-state index contributed by atoms with van der Waals surface area (Å²) in [4.78, 5) is 5.11. The van der Waals surface area contributed by atoms with Crippen molar-refractivity contribution in [3.05, 3.63) is 48.2 Å². The first-order valence-electron chi connectivity index (χ1n) is 7.39. The lowest BCUT2D eigenvalue weighted by atomic mass is 10.1. The maximum absolute atomic E-state index is 5.84. The van der Waals surface area contributed by atoms with Crippen molar-refractivity contribution in [2.45, 2.75) is 10.6 Å². The van der Waals surface area contributed by atoms with Gasteiger partial charge in [0.2, 0.25) is 5.65 Å². The number of H-pyrrole nitrogens is 1. The van der Waals surface area contributed by atoms with Gasteiger partial charge in [-0.3, -0.25) is 4.68 Å². The third-order valence-electron chi connectivity index (χ3n) is 3.70. The van der Waals surface area contributed by atoms with E-state index >= 15 is 0 Å². The number of hydrogen-bond donors (Lipinski definition) is 2. The van der Waals surface area contributed by atoms with Gasteiger partial charge in [0.15, 0.2) is 0 Å². The van der Waals surface area contributed by atoms with E-state index in [9.17, 15) is 0 Å². The number of nitrogens with zero attached hydrogens (tertiary/aromatic N) is 5. The van der Waals surface area contributed by atoms with Crippen LogP contribution in [0, 0.1) is 0 Å². The number of aryl methyl sites for hydroxylation is 1. The van der Waals surface area contributed by atoms with E-state index in [2.05, 4.69) is 43.7 Å². The fourth-order valence-corrected chi connectivity index (χ4v) is 3.53. The third kappa shape index (κ3) is 2.71. The molecule has 0 amide bonds.